The summed E-state index contributed by atoms with van der Waals surface area (Å²) >= 11 is 1.40. The number of fused-ring (bicyclic) bond motifs is 1. The maximum Gasteiger partial charge on any atom is 0.332 e. The molecule has 11 nitrogen and oxygen atoms in total. The van der Waals surface area contributed by atoms with Crippen LogP contribution in [0.4, 0.5) is 5.69 Å². The van der Waals surface area contributed by atoms with Gasteiger partial charge in [-0.1, -0.05) is 41.6 Å². The van der Waals surface area contributed by atoms with Crippen LogP contribution in [0.15, 0.2) is 82.8 Å². The number of amides is 1. The van der Waals surface area contributed by atoms with E-state index in [1.165, 1.54) is 30.4 Å². The van der Waals surface area contributed by atoms with Crippen LogP contribution in [-0.4, -0.2) is 44.3 Å². The lowest BCUT2D eigenvalue weighted by Gasteiger charge is -2.21. The Hall–Kier alpha value is -4.17. The second-order valence-electron chi connectivity index (χ2n) is 10.1. The van der Waals surface area contributed by atoms with Crippen molar-refractivity contribution >= 4 is 55.0 Å². The first-order valence-corrected chi connectivity index (χ1v) is 15.9. The Morgan fingerprint density at radius 1 is 1.09 bits per heavy atom. The molecule has 1 saturated heterocycles. The zero-order valence-electron chi connectivity index (χ0n) is 23.4. The molecule has 1 aliphatic heterocycles. The summed E-state index contributed by atoms with van der Waals surface area (Å²) in [6.07, 6.45) is 1.49. The van der Waals surface area contributed by atoms with Crippen molar-refractivity contribution in [2.24, 2.45) is 16.8 Å². The van der Waals surface area contributed by atoms with E-state index in [4.69, 9.17) is 15.5 Å². The van der Waals surface area contributed by atoms with Crippen LogP contribution < -0.4 is 15.8 Å². The number of carbonyl (C=O) groups excluding carboxylic acids is 2. The fourth-order valence-electron chi connectivity index (χ4n) is 4.68. The lowest BCUT2D eigenvalue weighted by Crippen LogP contribution is -2.30. The number of sulfonamides is 1. The SMILES string of the molecule is CC(=O)ON=C(N)c1cccc(CC(NS(=O)(=O)c2cccc(NC(=O)C3CCOCC3)c2)c2nc3ccccc3s2)c1. The molecule has 1 aliphatic rings. The van der Waals surface area contributed by atoms with Gasteiger partial charge in [0.25, 0.3) is 0 Å². The summed E-state index contributed by atoms with van der Waals surface area (Å²) in [4.78, 5) is 33.3. The van der Waals surface area contributed by atoms with Gasteiger partial charge in [-0.2, -0.15) is 0 Å². The Kier molecular flexibility index (Phi) is 9.46. The van der Waals surface area contributed by atoms with Crippen LogP contribution in [0.3, 0.4) is 0 Å². The summed E-state index contributed by atoms with van der Waals surface area (Å²) in [5.74, 6) is -0.931. The summed E-state index contributed by atoms with van der Waals surface area (Å²) in [5.41, 5.74) is 8.41. The number of para-hydroxylation sites is 1. The Labute approximate surface area is 253 Å². The maximum atomic E-state index is 13.7. The smallest absolute Gasteiger partial charge is 0.332 e. The van der Waals surface area contributed by atoms with E-state index in [-0.39, 0.29) is 29.0 Å². The van der Waals surface area contributed by atoms with Crippen molar-refractivity contribution in [2.75, 3.05) is 18.5 Å². The number of nitrogens with one attached hydrogen (secondary N) is 2. The number of rotatable bonds is 10. The molecule has 1 aromatic heterocycles. The van der Waals surface area contributed by atoms with Crippen LogP contribution >= 0.6 is 11.3 Å². The topological polar surface area (TPSA) is 162 Å². The molecule has 1 atom stereocenters. The molecule has 3 aromatic carbocycles. The number of hydrogen-bond donors (Lipinski definition) is 3. The molecule has 1 fully saturated rings. The van der Waals surface area contributed by atoms with Gasteiger partial charge in [-0.25, -0.2) is 22.9 Å². The lowest BCUT2D eigenvalue weighted by molar-refractivity contribution is -0.140. The predicted molar refractivity (Wildman–Crippen MR) is 164 cm³/mol. The van der Waals surface area contributed by atoms with Crippen molar-refractivity contribution in [3.8, 4) is 0 Å². The van der Waals surface area contributed by atoms with Crippen LogP contribution in [0.1, 0.15) is 41.9 Å². The fraction of sp³-hybridized carbons (Fsp3) is 0.267. The highest BCUT2D eigenvalue weighted by atomic mass is 32.2. The zero-order valence-corrected chi connectivity index (χ0v) is 25.0. The summed E-state index contributed by atoms with van der Waals surface area (Å²) in [6.45, 7) is 2.27. The van der Waals surface area contributed by atoms with Crippen molar-refractivity contribution in [1.82, 2.24) is 9.71 Å². The summed E-state index contributed by atoms with van der Waals surface area (Å²) in [5, 5.41) is 7.08. The van der Waals surface area contributed by atoms with Gasteiger partial charge in [0.05, 0.1) is 21.2 Å². The monoisotopic (exact) mass is 621 g/mol. The van der Waals surface area contributed by atoms with Gasteiger partial charge in [0.2, 0.25) is 15.9 Å². The Bertz CT molecular complexity index is 1730. The van der Waals surface area contributed by atoms with E-state index in [1.807, 2.05) is 30.3 Å². The van der Waals surface area contributed by atoms with E-state index in [9.17, 15) is 18.0 Å². The minimum Gasteiger partial charge on any atom is -0.381 e. The molecular weight excluding hydrogens is 590 g/mol. The molecule has 0 spiro atoms. The molecule has 0 bridgehead atoms. The van der Waals surface area contributed by atoms with Crippen molar-refractivity contribution < 1.29 is 27.6 Å². The average Bonchev–Trinajstić information content (AvgIpc) is 3.45. The van der Waals surface area contributed by atoms with Gasteiger partial charge in [0, 0.05) is 37.3 Å². The standard InChI is InChI=1S/C30H31N5O6S2/c1-19(36)41-34-28(31)22-7-4-6-20(16-22)17-26(30-33-25-10-2-3-11-27(25)42-30)35-43(38,39)24-9-5-8-23(18-24)32-29(37)21-12-14-40-15-13-21/h2-11,16,18,21,26,35H,12-15,17H2,1H3,(H2,31,34)(H,32,37). The molecular formula is C30H31N5O6S2. The summed E-state index contributed by atoms with van der Waals surface area (Å²) < 4.78 is 36.6. The molecule has 4 aromatic rings. The third-order valence-electron chi connectivity index (χ3n) is 6.85. The van der Waals surface area contributed by atoms with Crippen LogP contribution in [0.2, 0.25) is 0 Å². The second-order valence-corrected chi connectivity index (χ2v) is 12.8. The number of oxime groups is 1. The fourth-order valence-corrected chi connectivity index (χ4v) is 7.02. The number of nitrogens with zero attached hydrogens (tertiary/aromatic N) is 2. The van der Waals surface area contributed by atoms with E-state index >= 15 is 0 Å². The number of carbonyl (C=O) groups is 2. The highest BCUT2D eigenvalue weighted by Gasteiger charge is 2.26. The third kappa shape index (κ3) is 7.82. The number of aromatic nitrogens is 1. The van der Waals surface area contributed by atoms with Gasteiger partial charge >= 0.3 is 5.97 Å². The third-order valence-corrected chi connectivity index (χ3v) is 9.46. The Balaban J connectivity index is 1.42. The number of amidine groups is 1. The Morgan fingerprint density at radius 3 is 2.63 bits per heavy atom. The molecule has 0 saturated carbocycles. The molecule has 2 heterocycles. The van der Waals surface area contributed by atoms with Crippen molar-refractivity contribution in [2.45, 2.75) is 37.1 Å². The molecule has 0 aliphatic carbocycles. The number of hydrogen-bond acceptors (Lipinski definition) is 9. The van der Waals surface area contributed by atoms with Crippen molar-refractivity contribution in [3.05, 3.63) is 88.9 Å². The van der Waals surface area contributed by atoms with E-state index < -0.39 is 22.0 Å². The first-order chi connectivity index (χ1) is 20.7. The number of ether oxygens (including phenoxy) is 1. The Morgan fingerprint density at radius 2 is 1.86 bits per heavy atom. The van der Waals surface area contributed by atoms with Gasteiger partial charge in [-0.3, -0.25) is 4.79 Å². The zero-order chi connectivity index (χ0) is 30.4. The van der Waals surface area contributed by atoms with Crippen molar-refractivity contribution in [3.63, 3.8) is 0 Å². The van der Waals surface area contributed by atoms with Gasteiger partial charge in [-0.15, -0.1) is 11.3 Å². The molecule has 1 amide bonds. The molecule has 0 radical (unpaired) electrons. The number of anilines is 1. The first kappa shape index (κ1) is 30.3. The molecule has 224 valence electrons. The van der Waals surface area contributed by atoms with E-state index in [0.29, 0.717) is 42.3 Å². The molecule has 1 unspecified atom stereocenters. The van der Waals surface area contributed by atoms with Crippen LogP contribution in [0.5, 0.6) is 0 Å². The molecule has 5 rings (SSSR count). The highest BCUT2D eigenvalue weighted by molar-refractivity contribution is 7.89. The normalized spacial score (nSPS) is 15.2. The summed E-state index contributed by atoms with van der Waals surface area (Å²) in [7, 11) is -4.05. The maximum absolute atomic E-state index is 13.7. The number of thiazole rings is 1. The summed E-state index contributed by atoms with van der Waals surface area (Å²) in [6, 6.07) is 20.1. The van der Waals surface area contributed by atoms with Gasteiger partial charge in [-0.05, 0) is 61.2 Å². The van der Waals surface area contributed by atoms with E-state index in [0.717, 1.165) is 15.8 Å². The van der Waals surface area contributed by atoms with Gasteiger partial charge in [0.15, 0.2) is 5.84 Å². The number of nitrogens with two attached hydrogens (primary N) is 1. The molecule has 43 heavy (non-hydrogen) atoms. The first-order valence-electron chi connectivity index (χ1n) is 13.6. The highest BCUT2D eigenvalue weighted by Crippen LogP contribution is 2.30. The lowest BCUT2D eigenvalue weighted by atomic mass is 9.99. The molecule has 4 N–H and O–H groups in total. The quantitative estimate of drug-likeness (QED) is 0.103. The van der Waals surface area contributed by atoms with Crippen molar-refractivity contribution in [1.29, 1.82) is 0 Å². The van der Waals surface area contributed by atoms with Crippen LogP contribution in [-0.2, 0) is 35.6 Å². The van der Waals surface area contributed by atoms with Crippen LogP contribution in [0.25, 0.3) is 10.2 Å². The van der Waals surface area contributed by atoms with E-state index in [2.05, 4.69) is 20.0 Å². The van der Waals surface area contributed by atoms with Gasteiger partial charge in [0.1, 0.15) is 5.01 Å². The largest absolute Gasteiger partial charge is 0.381 e. The predicted octanol–water partition coefficient (Wildman–Crippen LogP) is 4.11. The second kappa shape index (κ2) is 13.4. The minimum atomic E-state index is -4.05. The minimum absolute atomic E-state index is 0.00813. The molecule has 13 heteroatoms. The van der Waals surface area contributed by atoms with Gasteiger partial charge < -0.3 is 20.6 Å². The van der Waals surface area contributed by atoms with Crippen LogP contribution in [0, 0.1) is 5.92 Å². The number of benzene rings is 3. The average molecular weight is 622 g/mol. The van der Waals surface area contributed by atoms with E-state index in [1.54, 1.807) is 30.3 Å².